The van der Waals surface area contributed by atoms with Gasteiger partial charge in [-0.15, -0.1) is 0 Å². The summed E-state index contributed by atoms with van der Waals surface area (Å²) in [6.07, 6.45) is 1.47. The molecule has 0 aliphatic heterocycles. The molecule has 0 radical (unpaired) electrons. The van der Waals surface area contributed by atoms with Gasteiger partial charge in [0.25, 0.3) is 0 Å². The number of hydrogen-bond donors (Lipinski definition) is 1. The highest BCUT2D eigenvalue weighted by Crippen LogP contribution is 2.24. The third kappa shape index (κ3) is 6.94. The fourth-order valence-electron chi connectivity index (χ4n) is 3.46. The van der Waals surface area contributed by atoms with E-state index in [1.54, 1.807) is 12.1 Å². The molecule has 192 valence electrons. The van der Waals surface area contributed by atoms with Crippen LogP contribution in [0.1, 0.15) is 22.6 Å². The Balaban J connectivity index is 1.56. The molecule has 8 nitrogen and oxygen atoms in total. The number of benzene rings is 3. The molecule has 4 rings (SSSR count). The minimum Gasteiger partial charge on any atom is -0.459 e. The number of aryl methyl sites for hydroxylation is 1. The van der Waals surface area contributed by atoms with Gasteiger partial charge in [-0.05, 0) is 73.2 Å². The topological polar surface area (TPSA) is 123 Å². The summed E-state index contributed by atoms with van der Waals surface area (Å²) >= 11 is 5.95. The van der Waals surface area contributed by atoms with Gasteiger partial charge in [-0.2, -0.15) is 4.31 Å². The molecule has 0 amide bonds. The fourth-order valence-corrected chi connectivity index (χ4v) is 5.50. The van der Waals surface area contributed by atoms with Gasteiger partial charge >= 0.3 is 0 Å². The van der Waals surface area contributed by atoms with Gasteiger partial charge < -0.3 is 4.42 Å². The highest BCUT2D eigenvalue weighted by Gasteiger charge is 2.26. The molecule has 0 unspecified atom stereocenters. The van der Waals surface area contributed by atoms with Crippen LogP contribution in [0.2, 0.25) is 5.02 Å². The van der Waals surface area contributed by atoms with Gasteiger partial charge in [0.15, 0.2) is 0 Å². The molecule has 4 aromatic rings. The van der Waals surface area contributed by atoms with Crippen molar-refractivity contribution in [2.45, 2.75) is 29.8 Å². The molecule has 0 aliphatic rings. The van der Waals surface area contributed by atoms with Crippen molar-refractivity contribution >= 4 is 43.5 Å². The van der Waals surface area contributed by atoms with Crippen molar-refractivity contribution in [2.24, 2.45) is 10.1 Å². The maximum Gasteiger partial charge on any atom is 0.243 e. The van der Waals surface area contributed by atoms with Crippen LogP contribution in [0, 0.1) is 6.92 Å². The Hall–Kier alpha value is -3.28. The van der Waals surface area contributed by atoms with Crippen molar-refractivity contribution < 1.29 is 21.3 Å². The van der Waals surface area contributed by atoms with Crippen LogP contribution >= 0.6 is 11.6 Å². The number of aliphatic imine (C=N–C) groups is 1. The number of nitrogens with zero attached hydrogens (tertiary/aromatic N) is 2. The van der Waals surface area contributed by atoms with Crippen LogP contribution in [0.4, 0.5) is 5.69 Å². The second kappa shape index (κ2) is 11.0. The predicted molar refractivity (Wildman–Crippen MR) is 143 cm³/mol. The number of sulfonamides is 2. The van der Waals surface area contributed by atoms with E-state index < -0.39 is 20.0 Å². The Kier molecular flexibility index (Phi) is 7.96. The Morgan fingerprint density at radius 3 is 2.08 bits per heavy atom. The molecular weight excluding hydrogens is 534 g/mol. The molecule has 1 aromatic heterocycles. The van der Waals surface area contributed by atoms with E-state index in [0.29, 0.717) is 22.2 Å². The van der Waals surface area contributed by atoms with Gasteiger partial charge in [0.2, 0.25) is 20.0 Å². The van der Waals surface area contributed by atoms with Crippen LogP contribution in [0.15, 0.2) is 104 Å². The average Bonchev–Trinajstić information content (AvgIpc) is 3.31. The minimum atomic E-state index is -3.86. The van der Waals surface area contributed by atoms with E-state index in [9.17, 15) is 16.8 Å². The van der Waals surface area contributed by atoms with Crippen LogP contribution in [0.3, 0.4) is 0 Å². The molecule has 11 heteroatoms. The summed E-state index contributed by atoms with van der Waals surface area (Å²) in [7, 11) is -7.65. The first kappa shape index (κ1) is 26.8. The molecular formula is C26H24ClN3O5S2. The van der Waals surface area contributed by atoms with Crippen LogP contribution in [0.5, 0.6) is 0 Å². The maximum atomic E-state index is 13.5. The second-order valence-electron chi connectivity index (χ2n) is 8.31. The van der Waals surface area contributed by atoms with E-state index in [0.717, 1.165) is 11.1 Å². The highest BCUT2D eigenvalue weighted by molar-refractivity contribution is 7.89. The van der Waals surface area contributed by atoms with E-state index in [1.807, 2.05) is 31.2 Å². The Labute approximate surface area is 221 Å². The quantitative estimate of drug-likeness (QED) is 0.289. The molecule has 37 heavy (non-hydrogen) atoms. The van der Waals surface area contributed by atoms with E-state index >= 15 is 0 Å². The van der Waals surface area contributed by atoms with Gasteiger partial charge in [-0.3, -0.25) is 4.99 Å². The molecule has 0 atom stereocenters. The van der Waals surface area contributed by atoms with Crippen molar-refractivity contribution in [1.29, 1.82) is 0 Å². The zero-order valence-electron chi connectivity index (χ0n) is 19.8. The van der Waals surface area contributed by atoms with Gasteiger partial charge in [0, 0.05) is 11.6 Å². The normalized spacial score (nSPS) is 12.4. The van der Waals surface area contributed by atoms with E-state index in [2.05, 4.69) is 4.99 Å². The average molecular weight is 558 g/mol. The summed E-state index contributed by atoms with van der Waals surface area (Å²) in [5.74, 6) is 0.834. The fraction of sp³-hybridized carbons (Fsp3) is 0.115. The summed E-state index contributed by atoms with van der Waals surface area (Å²) in [4.78, 5) is 4.39. The van der Waals surface area contributed by atoms with Crippen molar-refractivity contribution in [2.75, 3.05) is 0 Å². The molecule has 0 saturated heterocycles. The number of primary sulfonamides is 1. The van der Waals surface area contributed by atoms with E-state index in [4.69, 9.17) is 21.2 Å². The summed E-state index contributed by atoms with van der Waals surface area (Å²) in [6.45, 7) is 2.11. The van der Waals surface area contributed by atoms with Crippen molar-refractivity contribution in [1.82, 2.24) is 4.31 Å². The largest absolute Gasteiger partial charge is 0.459 e. The molecule has 2 N–H and O–H groups in total. The third-order valence-electron chi connectivity index (χ3n) is 5.45. The highest BCUT2D eigenvalue weighted by atomic mass is 35.5. The Bertz CT molecular complexity index is 1610. The monoisotopic (exact) mass is 557 g/mol. The lowest BCUT2D eigenvalue weighted by molar-refractivity contribution is 0.357. The van der Waals surface area contributed by atoms with Crippen LogP contribution in [0.25, 0.3) is 0 Å². The van der Waals surface area contributed by atoms with Crippen molar-refractivity contribution in [3.63, 3.8) is 0 Å². The molecule has 1 heterocycles. The molecule has 3 aromatic carbocycles. The van der Waals surface area contributed by atoms with Crippen molar-refractivity contribution in [3.8, 4) is 0 Å². The molecule has 0 fully saturated rings. The lowest BCUT2D eigenvalue weighted by Crippen LogP contribution is -2.30. The summed E-state index contributed by atoms with van der Waals surface area (Å²) in [5.41, 5.74) is 2.40. The first-order chi connectivity index (χ1) is 17.5. The maximum absolute atomic E-state index is 13.5. The number of halogens is 1. The van der Waals surface area contributed by atoms with Crippen LogP contribution in [-0.4, -0.2) is 27.4 Å². The van der Waals surface area contributed by atoms with Gasteiger partial charge in [0.1, 0.15) is 11.5 Å². The first-order valence-corrected chi connectivity index (χ1v) is 14.4. The summed E-state index contributed by atoms with van der Waals surface area (Å²) in [6, 6.07) is 22.8. The number of rotatable bonds is 9. The Morgan fingerprint density at radius 2 is 1.46 bits per heavy atom. The molecule has 0 spiro atoms. The van der Waals surface area contributed by atoms with Crippen LogP contribution < -0.4 is 5.14 Å². The van der Waals surface area contributed by atoms with Gasteiger partial charge in [-0.25, -0.2) is 22.0 Å². The van der Waals surface area contributed by atoms with Crippen LogP contribution in [-0.2, 0) is 33.1 Å². The zero-order valence-corrected chi connectivity index (χ0v) is 22.2. The number of nitrogens with two attached hydrogens (primary N) is 1. The zero-order chi connectivity index (χ0) is 26.6. The van der Waals surface area contributed by atoms with E-state index in [-0.39, 0.29) is 22.9 Å². The van der Waals surface area contributed by atoms with Gasteiger partial charge in [0.05, 0.1) is 28.2 Å². The van der Waals surface area contributed by atoms with E-state index in [1.165, 1.54) is 59.1 Å². The first-order valence-electron chi connectivity index (χ1n) is 11.1. The third-order valence-corrected chi connectivity index (χ3v) is 8.44. The predicted octanol–water partition coefficient (Wildman–Crippen LogP) is 5.03. The molecule has 0 saturated carbocycles. The molecule has 0 bridgehead atoms. The Morgan fingerprint density at radius 1 is 0.838 bits per heavy atom. The second-order valence-corrected chi connectivity index (χ2v) is 12.2. The molecule has 0 aliphatic carbocycles. The lowest BCUT2D eigenvalue weighted by atomic mass is 10.1. The SMILES string of the molecule is Cc1ccc(CN(Cc2ccc(C=Nc3ccc(S(N)(=O)=O)cc3)o2)S(=O)(=O)c2ccc(Cl)cc2)cc1. The standard InChI is InChI=1S/C26H24ClN3O5S2/c1-19-2-4-20(5-3-19)17-30(37(33,34)26-12-6-21(27)7-13-26)18-24-11-10-23(35-24)16-29-22-8-14-25(15-9-22)36(28,31)32/h2-16H,17-18H2,1H3,(H2,28,31,32). The minimum absolute atomic E-state index is 0.00423. The summed E-state index contributed by atoms with van der Waals surface area (Å²) < 4.78 is 56.9. The lowest BCUT2D eigenvalue weighted by Gasteiger charge is -2.21. The van der Waals surface area contributed by atoms with Crippen molar-refractivity contribution in [3.05, 3.63) is 113 Å². The smallest absolute Gasteiger partial charge is 0.243 e. The number of hydrogen-bond acceptors (Lipinski definition) is 6. The van der Waals surface area contributed by atoms with Gasteiger partial charge in [-0.1, -0.05) is 41.4 Å². The number of furan rings is 1. The summed E-state index contributed by atoms with van der Waals surface area (Å²) in [5, 5.41) is 5.55.